The highest BCUT2D eigenvalue weighted by molar-refractivity contribution is 7.19. The van der Waals surface area contributed by atoms with Crippen LogP contribution in [0.25, 0.3) is 22.4 Å². The molecule has 0 saturated carbocycles. The van der Waals surface area contributed by atoms with E-state index < -0.39 is 0 Å². The molecule has 0 fully saturated rings. The summed E-state index contributed by atoms with van der Waals surface area (Å²) in [4.78, 5) is 8.83. The zero-order valence-electron chi connectivity index (χ0n) is 12.0. The lowest BCUT2D eigenvalue weighted by Gasteiger charge is -2.05. The maximum Gasteiger partial charge on any atom is 0.162 e. The SMILES string of the molecule is COc1cc2nc(/C=C/c3cn(C)cn3)sc2cc1OC. The number of benzene rings is 1. The molecule has 2 heterocycles. The normalized spacial score (nSPS) is 11.4. The van der Waals surface area contributed by atoms with Crippen molar-refractivity contribution in [1.82, 2.24) is 14.5 Å². The Kier molecular flexibility index (Phi) is 3.62. The van der Waals surface area contributed by atoms with Crippen molar-refractivity contribution >= 4 is 33.7 Å². The van der Waals surface area contributed by atoms with Gasteiger partial charge in [-0.05, 0) is 12.2 Å². The highest BCUT2D eigenvalue weighted by Crippen LogP contribution is 2.35. The quantitative estimate of drug-likeness (QED) is 0.742. The van der Waals surface area contributed by atoms with Gasteiger partial charge in [0, 0.05) is 25.4 Å². The summed E-state index contributed by atoms with van der Waals surface area (Å²) in [6.45, 7) is 0. The Hall–Kier alpha value is -2.34. The van der Waals surface area contributed by atoms with Crippen LogP contribution >= 0.6 is 11.3 Å². The van der Waals surface area contributed by atoms with Gasteiger partial charge in [0.25, 0.3) is 0 Å². The second-order valence-corrected chi connectivity index (χ2v) is 5.59. The third-order valence-electron chi connectivity index (χ3n) is 3.03. The van der Waals surface area contributed by atoms with Crippen LogP contribution in [0.1, 0.15) is 10.7 Å². The Balaban J connectivity index is 1.95. The predicted molar refractivity (Wildman–Crippen MR) is 84.9 cm³/mol. The molecule has 0 bridgehead atoms. The minimum Gasteiger partial charge on any atom is -0.493 e. The number of methoxy groups -OCH3 is 2. The first-order valence-electron chi connectivity index (χ1n) is 6.38. The Morgan fingerprint density at radius 3 is 2.57 bits per heavy atom. The van der Waals surface area contributed by atoms with E-state index in [1.54, 1.807) is 31.9 Å². The number of hydrogen-bond acceptors (Lipinski definition) is 5. The van der Waals surface area contributed by atoms with Crippen molar-refractivity contribution in [3.63, 3.8) is 0 Å². The van der Waals surface area contributed by atoms with Crippen molar-refractivity contribution in [2.24, 2.45) is 7.05 Å². The summed E-state index contributed by atoms with van der Waals surface area (Å²) in [6, 6.07) is 3.84. The molecule has 6 heteroatoms. The summed E-state index contributed by atoms with van der Waals surface area (Å²) in [5.41, 5.74) is 1.81. The predicted octanol–water partition coefficient (Wildman–Crippen LogP) is 3.22. The van der Waals surface area contributed by atoms with Crippen molar-refractivity contribution in [3.05, 3.63) is 35.4 Å². The molecule has 0 aliphatic carbocycles. The molecule has 0 N–H and O–H groups in total. The lowest BCUT2D eigenvalue weighted by atomic mass is 10.3. The minimum absolute atomic E-state index is 0.690. The van der Waals surface area contributed by atoms with Crippen molar-refractivity contribution in [2.75, 3.05) is 14.2 Å². The molecule has 5 nitrogen and oxygen atoms in total. The van der Waals surface area contributed by atoms with Crippen LogP contribution < -0.4 is 9.47 Å². The maximum absolute atomic E-state index is 5.31. The number of aryl methyl sites for hydroxylation is 1. The van der Waals surface area contributed by atoms with Crippen LogP contribution in [-0.2, 0) is 7.05 Å². The van der Waals surface area contributed by atoms with Gasteiger partial charge in [0.2, 0.25) is 0 Å². The molecule has 0 radical (unpaired) electrons. The molecular weight excluding hydrogens is 286 g/mol. The van der Waals surface area contributed by atoms with Crippen molar-refractivity contribution < 1.29 is 9.47 Å². The van der Waals surface area contributed by atoms with Crippen molar-refractivity contribution in [1.29, 1.82) is 0 Å². The highest BCUT2D eigenvalue weighted by atomic mass is 32.1. The molecular formula is C15H15N3O2S. The van der Waals surface area contributed by atoms with Crippen LogP contribution in [0, 0.1) is 0 Å². The number of rotatable bonds is 4. The Morgan fingerprint density at radius 2 is 1.90 bits per heavy atom. The summed E-state index contributed by atoms with van der Waals surface area (Å²) < 4.78 is 13.6. The second kappa shape index (κ2) is 5.57. The van der Waals surface area contributed by atoms with Crippen LogP contribution in [0.2, 0.25) is 0 Å². The fraction of sp³-hybridized carbons (Fsp3) is 0.200. The molecule has 0 aliphatic heterocycles. The Morgan fingerprint density at radius 1 is 1.14 bits per heavy atom. The van der Waals surface area contributed by atoms with Gasteiger partial charge < -0.3 is 14.0 Å². The van der Waals surface area contributed by atoms with Crippen LogP contribution in [-0.4, -0.2) is 28.8 Å². The summed E-state index contributed by atoms with van der Waals surface area (Å²) in [5, 5.41) is 0.922. The number of imidazole rings is 1. The van der Waals surface area contributed by atoms with E-state index >= 15 is 0 Å². The summed E-state index contributed by atoms with van der Waals surface area (Å²) in [5.74, 6) is 1.41. The lowest BCUT2D eigenvalue weighted by molar-refractivity contribution is 0.356. The van der Waals surface area contributed by atoms with E-state index in [9.17, 15) is 0 Å². The van der Waals surface area contributed by atoms with Crippen LogP contribution in [0.4, 0.5) is 0 Å². The molecule has 2 aromatic heterocycles. The average Bonchev–Trinajstić information content (AvgIpc) is 3.08. The number of hydrogen-bond donors (Lipinski definition) is 0. The van der Waals surface area contributed by atoms with E-state index in [0.29, 0.717) is 11.5 Å². The molecule has 0 spiro atoms. The monoisotopic (exact) mass is 301 g/mol. The van der Waals surface area contributed by atoms with E-state index in [2.05, 4.69) is 9.97 Å². The number of thiazole rings is 1. The van der Waals surface area contributed by atoms with Crippen LogP contribution in [0.5, 0.6) is 11.5 Å². The van der Waals surface area contributed by atoms with E-state index in [1.165, 1.54) is 0 Å². The molecule has 0 saturated heterocycles. The molecule has 1 aromatic carbocycles. The van der Waals surface area contributed by atoms with Gasteiger partial charge in [-0.25, -0.2) is 9.97 Å². The van der Waals surface area contributed by atoms with Gasteiger partial charge >= 0.3 is 0 Å². The zero-order chi connectivity index (χ0) is 14.8. The van der Waals surface area contributed by atoms with Gasteiger partial charge in [0.15, 0.2) is 11.5 Å². The van der Waals surface area contributed by atoms with Gasteiger partial charge in [-0.2, -0.15) is 0 Å². The first-order chi connectivity index (χ1) is 10.2. The van der Waals surface area contributed by atoms with E-state index in [0.717, 1.165) is 20.9 Å². The van der Waals surface area contributed by atoms with Crippen LogP contribution in [0.15, 0.2) is 24.7 Å². The van der Waals surface area contributed by atoms with Gasteiger partial charge in [-0.15, -0.1) is 11.3 Å². The minimum atomic E-state index is 0.690. The standard InChI is InChI=1S/C15H15N3O2S/c1-18-8-10(16-9-18)4-5-15-17-11-6-12(19-2)13(20-3)7-14(11)21-15/h4-9H,1-3H3/b5-4+. The van der Waals surface area contributed by atoms with Gasteiger partial charge in [-0.1, -0.05) is 0 Å². The van der Waals surface area contributed by atoms with Gasteiger partial charge in [-0.3, -0.25) is 0 Å². The molecule has 0 unspecified atom stereocenters. The third-order valence-corrected chi connectivity index (χ3v) is 4.02. The number of fused-ring (bicyclic) bond motifs is 1. The highest BCUT2D eigenvalue weighted by Gasteiger charge is 2.09. The van der Waals surface area contributed by atoms with Crippen LogP contribution in [0.3, 0.4) is 0 Å². The molecule has 0 atom stereocenters. The topological polar surface area (TPSA) is 49.2 Å². The smallest absolute Gasteiger partial charge is 0.162 e. The molecule has 0 amide bonds. The summed E-state index contributed by atoms with van der Waals surface area (Å²) >= 11 is 1.60. The van der Waals surface area contributed by atoms with Crippen molar-refractivity contribution in [3.8, 4) is 11.5 Å². The molecule has 0 aliphatic rings. The van der Waals surface area contributed by atoms with Crippen molar-refractivity contribution in [2.45, 2.75) is 0 Å². The molecule has 3 aromatic rings. The molecule has 108 valence electrons. The maximum atomic E-state index is 5.31. The number of aromatic nitrogens is 3. The fourth-order valence-corrected chi connectivity index (χ4v) is 2.90. The largest absolute Gasteiger partial charge is 0.493 e. The summed E-state index contributed by atoms with van der Waals surface area (Å²) in [7, 11) is 5.20. The average molecular weight is 301 g/mol. The van der Waals surface area contributed by atoms with E-state index in [-0.39, 0.29) is 0 Å². The number of ether oxygens (including phenoxy) is 2. The van der Waals surface area contributed by atoms with E-state index in [4.69, 9.17) is 9.47 Å². The first-order valence-corrected chi connectivity index (χ1v) is 7.20. The summed E-state index contributed by atoms with van der Waals surface area (Å²) in [6.07, 6.45) is 7.64. The molecule has 3 rings (SSSR count). The van der Waals surface area contributed by atoms with Gasteiger partial charge in [0.1, 0.15) is 5.01 Å². The molecule has 21 heavy (non-hydrogen) atoms. The zero-order valence-corrected chi connectivity index (χ0v) is 12.8. The fourth-order valence-electron chi connectivity index (χ4n) is 2.02. The van der Waals surface area contributed by atoms with Gasteiger partial charge in [0.05, 0.1) is 36.5 Å². The lowest BCUT2D eigenvalue weighted by Crippen LogP contribution is -1.89. The second-order valence-electron chi connectivity index (χ2n) is 4.52. The van der Waals surface area contributed by atoms with E-state index in [1.807, 2.05) is 42.1 Å². The third kappa shape index (κ3) is 2.75. The first kappa shape index (κ1) is 13.6. The Labute approximate surface area is 126 Å². The number of nitrogens with zero attached hydrogens (tertiary/aromatic N) is 3. The Bertz CT molecular complexity index is 763.